The molecule has 10 heteroatoms. The van der Waals surface area contributed by atoms with E-state index < -0.39 is 0 Å². The molecule has 0 spiro atoms. The number of carbonyl (C=O) groups is 2. The minimum Gasteiger partial charge on any atom is -0.492 e. The van der Waals surface area contributed by atoms with Crippen LogP contribution in [0.15, 0.2) is 42.7 Å². The van der Waals surface area contributed by atoms with Gasteiger partial charge in [-0.1, -0.05) is 46.9 Å². The monoisotopic (exact) mass is 549 g/mol. The number of amides is 1. The molecule has 4 rings (SSSR count). The van der Waals surface area contributed by atoms with Gasteiger partial charge in [-0.05, 0) is 49.4 Å². The molecule has 0 saturated carbocycles. The molecule has 3 aromatic rings. The summed E-state index contributed by atoms with van der Waals surface area (Å²) >= 11 is 18.1. The van der Waals surface area contributed by atoms with E-state index in [1.807, 2.05) is 29.3 Å². The molecular formula is C26H26Cl3N3O4. The summed E-state index contributed by atoms with van der Waals surface area (Å²) in [5, 5.41) is 5.40. The molecule has 0 bridgehead atoms. The number of carbonyl (C=O) groups excluding carboxylic acids is 2. The van der Waals surface area contributed by atoms with E-state index >= 15 is 0 Å². The molecule has 0 unspecified atom stereocenters. The van der Waals surface area contributed by atoms with Gasteiger partial charge in [0.15, 0.2) is 0 Å². The van der Waals surface area contributed by atoms with E-state index in [0.29, 0.717) is 53.4 Å². The molecule has 1 aliphatic rings. The van der Waals surface area contributed by atoms with Crippen LogP contribution in [0.4, 0.5) is 5.69 Å². The summed E-state index contributed by atoms with van der Waals surface area (Å²) in [6.07, 6.45) is 6.15. The second kappa shape index (κ2) is 12.0. The van der Waals surface area contributed by atoms with Crippen LogP contribution in [0.1, 0.15) is 31.7 Å². The van der Waals surface area contributed by atoms with Crippen LogP contribution in [-0.4, -0.2) is 41.4 Å². The van der Waals surface area contributed by atoms with Crippen molar-refractivity contribution in [1.29, 1.82) is 0 Å². The van der Waals surface area contributed by atoms with Gasteiger partial charge in [0, 0.05) is 36.5 Å². The first-order chi connectivity index (χ1) is 17.4. The Kier molecular flexibility index (Phi) is 8.77. The van der Waals surface area contributed by atoms with Crippen molar-refractivity contribution >= 4 is 52.4 Å². The van der Waals surface area contributed by atoms with Crippen molar-refractivity contribution < 1.29 is 19.1 Å². The second-order valence-electron chi connectivity index (χ2n) is 8.33. The molecule has 0 aliphatic carbocycles. The SMILES string of the molecule is CCOC(=O)Cn1cc(-c2cccc3c2CCCN3C(=O)CCCOc2cc(Cl)c(Cl)cc2Cl)cn1. The highest BCUT2D eigenvalue weighted by molar-refractivity contribution is 6.43. The Hall–Kier alpha value is -2.74. The highest BCUT2D eigenvalue weighted by Crippen LogP contribution is 2.36. The Labute approximate surface area is 224 Å². The van der Waals surface area contributed by atoms with Crippen LogP contribution in [0.3, 0.4) is 0 Å². The zero-order valence-electron chi connectivity index (χ0n) is 19.8. The zero-order chi connectivity index (χ0) is 25.7. The van der Waals surface area contributed by atoms with E-state index in [0.717, 1.165) is 35.2 Å². The third-order valence-electron chi connectivity index (χ3n) is 5.86. The number of nitrogens with zero attached hydrogens (tertiary/aromatic N) is 3. The van der Waals surface area contributed by atoms with Gasteiger partial charge in [0.2, 0.25) is 5.91 Å². The Bertz CT molecular complexity index is 1260. The number of hydrogen-bond donors (Lipinski definition) is 0. The van der Waals surface area contributed by atoms with Crippen LogP contribution >= 0.6 is 34.8 Å². The first kappa shape index (κ1) is 26.3. The van der Waals surface area contributed by atoms with Crippen LogP contribution in [0, 0.1) is 0 Å². The lowest BCUT2D eigenvalue weighted by atomic mass is 9.93. The number of hydrogen-bond acceptors (Lipinski definition) is 5. The maximum atomic E-state index is 13.1. The van der Waals surface area contributed by atoms with Crippen molar-refractivity contribution in [2.75, 3.05) is 24.7 Å². The average Bonchev–Trinajstić information content (AvgIpc) is 3.32. The molecule has 0 radical (unpaired) electrons. The fourth-order valence-corrected chi connectivity index (χ4v) is 4.83. The fraction of sp³-hybridized carbons (Fsp3) is 0.346. The van der Waals surface area contributed by atoms with Crippen molar-refractivity contribution in [3.63, 3.8) is 0 Å². The highest BCUT2D eigenvalue weighted by Gasteiger charge is 2.25. The van der Waals surface area contributed by atoms with Gasteiger partial charge in [0.25, 0.3) is 0 Å². The Morgan fingerprint density at radius 3 is 2.72 bits per heavy atom. The quantitative estimate of drug-likeness (QED) is 0.180. The molecule has 0 fully saturated rings. The number of halogens is 3. The number of anilines is 1. The lowest BCUT2D eigenvalue weighted by Gasteiger charge is -2.31. The zero-order valence-corrected chi connectivity index (χ0v) is 22.1. The van der Waals surface area contributed by atoms with E-state index in [-0.39, 0.29) is 18.4 Å². The second-order valence-corrected chi connectivity index (χ2v) is 9.55. The number of esters is 1. The van der Waals surface area contributed by atoms with Crippen molar-refractivity contribution in [2.24, 2.45) is 0 Å². The van der Waals surface area contributed by atoms with E-state index in [4.69, 9.17) is 44.3 Å². The predicted octanol–water partition coefficient (Wildman–Crippen LogP) is 6.21. The van der Waals surface area contributed by atoms with Gasteiger partial charge in [-0.25, -0.2) is 0 Å². The van der Waals surface area contributed by atoms with Crippen molar-refractivity contribution in [3.05, 3.63) is 63.4 Å². The van der Waals surface area contributed by atoms with E-state index in [9.17, 15) is 9.59 Å². The van der Waals surface area contributed by atoms with Gasteiger partial charge in [0.1, 0.15) is 12.3 Å². The van der Waals surface area contributed by atoms with Gasteiger partial charge in [-0.15, -0.1) is 0 Å². The standard InChI is InChI=1S/C26H26Cl3N3O4/c1-2-35-26(34)16-31-15-17(14-30-31)18-6-3-8-23-19(18)7-4-10-32(23)25(33)9-5-11-36-24-13-21(28)20(27)12-22(24)29/h3,6,8,12-15H,2,4-5,7,9-11,16H2,1H3. The Balaban J connectivity index is 1.41. The first-order valence-corrected chi connectivity index (χ1v) is 12.9. The number of ether oxygens (including phenoxy) is 2. The topological polar surface area (TPSA) is 73.7 Å². The summed E-state index contributed by atoms with van der Waals surface area (Å²) in [4.78, 5) is 26.7. The van der Waals surface area contributed by atoms with Crippen LogP contribution in [0.25, 0.3) is 11.1 Å². The predicted molar refractivity (Wildman–Crippen MR) is 141 cm³/mol. The molecule has 0 atom stereocenters. The summed E-state index contributed by atoms with van der Waals surface area (Å²) in [7, 11) is 0. The Morgan fingerprint density at radius 1 is 1.11 bits per heavy atom. The van der Waals surface area contributed by atoms with Gasteiger partial charge >= 0.3 is 5.97 Å². The number of benzene rings is 2. The van der Waals surface area contributed by atoms with E-state index in [1.54, 1.807) is 23.9 Å². The largest absolute Gasteiger partial charge is 0.492 e. The first-order valence-electron chi connectivity index (χ1n) is 11.8. The van der Waals surface area contributed by atoms with Crippen LogP contribution < -0.4 is 9.64 Å². The molecular weight excluding hydrogens is 525 g/mol. The van der Waals surface area contributed by atoms with E-state index in [2.05, 4.69) is 5.10 Å². The average molecular weight is 551 g/mol. The van der Waals surface area contributed by atoms with Gasteiger partial charge in [-0.3, -0.25) is 14.3 Å². The lowest BCUT2D eigenvalue weighted by Crippen LogP contribution is -2.35. The summed E-state index contributed by atoms with van der Waals surface area (Å²) in [6, 6.07) is 9.05. The molecule has 0 saturated heterocycles. The van der Waals surface area contributed by atoms with Crippen molar-refractivity contribution in [2.45, 2.75) is 39.2 Å². The molecule has 190 valence electrons. The van der Waals surface area contributed by atoms with Gasteiger partial charge < -0.3 is 14.4 Å². The highest BCUT2D eigenvalue weighted by atomic mass is 35.5. The smallest absolute Gasteiger partial charge is 0.327 e. The number of aromatic nitrogens is 2. The summed E-state index contributed by atoms with van der Waals surface area (Å²) in [5.74, 6) is 0.148. The molecule has 1 aromatic heterocycles. The molecule has 0 N–H and O–H groups in total. The van der Waals surface area contributed by atoms with Crippen LogP contribution in [0.2, 0.25) is 15.1 Å². The third kappa shape index (κ3) is 6.14. The molecule has 36 heavy (non-hydrogen) atoms. The normalized spacial score (nSPS) is 12.8. The maximum absolute atomic E-state index is 13.1. The molecule has 2 heterocycles. The summed E-state index contributed by atoms with van der Waals surface area (Å²) < 4.78 is 12.3. The maximum Gasteiger partial charge on any atom is 0.327 e. The van der Waals surface area contributed by atoms with Crippen molar-refractivity contribution in [3.8, 4) is 16.9 Å². The molecule has 2 aromatic carbocycles. The minimum atomic E-state index is -0.329. The van der Waals surface area contributed by atoms with Crippen LogP contribution in [-0.2, 0) is 27.3 Å². The Morgan fingerprint density at radius 2 is 1.92 bits per heavy atom. The van der Waals surface area contributed by atoms with Crippen molar-refractivity contribution in [1.82, 2.24) is 9.78 Å². The van der Waals surface area contributed by atoms with Crippen LogP contribution in [0.5, 0.6) is 5.75 Å². The number of rotatable bonds is 9. The molecule has 7 nitrogen and oxygen atoms in total. The lowest BCUT2D eigenvalue weighted by molar-refractivity contribution is -0.144. The minimum absolute atomic E-state index is 0.0370. The third-order valence-corrected chi connectivity index (χ3v) is 6.88. The van der Waals surface area contributed by atoms with Gasteiger partial charge in [-0.2, -0.15) is 5.10 Å². The molecule has 1 amide bonds. The molecule has 1 aliphatic heterocycles. The van der Waals surface area contributed by atoms with Gasteiger partial charge in [0.05, 0.1) is 34.5 Å². The summed E-state index contributed by atoms with van der Waals surface area (Å²) in [6.45, 7) is 3.15. The van der Waals surface area contributed by atoms with E-state index in [1.165, 1.54) is 6.07 Å². The number of fused-ring (bicyclic) bond motifs is 1. The fourth-order valence-electron chi connectivity index (χ4n) is 4.24. The summed E-state index contributed by atoms with van der Waals surface area (Å²) in [5.41, 5.74) is 3.93.